The number of halogens is 2. The van der Waals surface area contributed by atoms with Crippen molar-refractivity contribution in [1.82, 2.24) is 0 Å². The molecule has 3 aromatic carbocycles. The van der Waals surface area contributed by atoms with E-state index in [1.165, 1.54) is 0 Å². The van der Waals surface area contributed by atoms with Gasteiger partial charge in [-0.2, -0.15) is 0 Å². The van der Waals surface area contributed by atoms with Gasteiger partial charge in [-0.15, -0.1) is 0 Å². The van der Waals surface area contributed by atoms with Crippen LogP contribution in [0.3, 0.4) is 0 Å². The van der Waals surface area contributed by atoms with Gasteiger partial charge in [0, 0.05) is 6.21 Å². The first-order valence-electron chi connectivity index (χ1n) is 7.89. The van der Waals surface area contributed by atoms with Crippen LogP contribution in [-0.2, 0) is 6.61 Å². The van der Waals surface area contributed by atoms with E-state index in [0.717, 1.165) is 22.4 Å². The van der Waals surface area contributed by atoms with Gasteiger partial charge in [0.15, 0.2) is 5.75 Å². The highest BCUT2D eigenvalue weighted by Gasteiger charge is 2.09. The first-order chi connectivity index (χ1) is 12.1. The van der Waals surface area contributed by atoms with Crippen LogP contribution in [0.15, 0.2) is 71.7 Å². The highest BCUT2D eigenvalue weighted by atomic mass is 35.5. The minimum atomic E-state index is 0.414. The number of hydrogen-bond acceptors (Lipinski definition) is 2. The number of hydrogen-bond donors (Lipinski definition) is 0. The van der Waals surface area contributed by atoms with E-state index in [1.54, 1.807) is 18.3 Å². The van der Waals surface area contributed by atoms with E-state index in [4.69, 9.17) is 27.9 Å². The Labute approximate surface area is 157 Å². The SMILES string of the molecule is Cc1ccccc1N=Cc1cc(Cl)c(OCc2ccccc2)c(Cl)c1. The van der Waals surface area contributed by atoms with Crippen molar-refractivity contribution in [2.24, 2.45) is 4.99 Å². The Hall–Kier alpha value is -2.29. The van der Waals surface area contributed by atoms with Crippen molar-refractivity contribution in [2.45, 2.75) is 13.5 Å². The lowest BCUT2D eigenvalue weighted by Crippen LogP contribution is -1.97. The maximum absolute atomic E-state index is 6.34. The molecule has 0 bridgehead atoms. The van der Waals surface area contributed by atoms with Crippen molar-refractivity contribution < 1.29 is 4.74 Å². The van der Waals surface area contributed by atoms with E-state index < -0.39 is 0 Å². The molecule has 0 aliphatic heterocycles. The third kappa shape index (κ3) is 4.62. The van der Waals surface area contributed by atoms with Crippen LogP contribution < -0.4 is 4.74 Å². The monoisotopic (exact) mass is 369 g/mol. The minimum Gasteiger partial charge on any atom is -0.486 e. The Bertz CT molecular complexity index is 868. The molecule has 25 heavy (non-hydrogen) atoms. The molecule has 3 aromatic rings. The molecule has 0 atom stereocenters. The van der Waals surface area contributed by atoms with E-state index in [2.05, 4.69) is 4.99 Å². The number of nitrogens with zero attached hydrogens (tertiary/aromatic N) is 1. The summed E-state index contributed by atoms with van der Waals surface area (Å²) in [4.78, 5) is 4.50. The molecule has 4 heteroatoms. The molecule has 0 saturated heterocycles. The summed E-state index contributed by atoms with van der Waals surface area (Å²) in [6.07, 6.45) is 1.75. The average Bonchev–Trinajstić information content (AvgIpc) is 2.61. The van der Waals surface area contributed by atoms with Crippen molar-refractivity contribution in [3.8, 4) is 5.75 Å². The smallest absolute Gasteiger partial charge is 0.157 e. The first-order valence-corrected chi connectivity index (χ1v) is 8.64. The van der Waals surface area contributed by atoms with Crippen LogP contribution in [0, 0.1) is 6.92 Å². The summed E-state index contributed by atoms with van der Waals surface area (Å²) in [6, 6.07) is 21.4. The van der Waals surface area contributed by atoms with Crippen LogP contribution in [-0.4, -0.2) is 6.21 Å². The predicted octanol–water partition coefficient (Wildman–Crippen LogP) is 6.63. The summed E-state index contributed by atoms with van der Waals surface area (Å²) in [5, 5.41) is 0.935. The van der Waals surface area contributed by atoms with Crippen LogP contribution >= 0.6 is 23.2 Å². The Kier molecular flexibility index (Phi) is 5.75. The van der Waals surface area contributed by atoms with E-state index >= 15 is 0 Å². The Balaban J connectivity index is 1.77. The molecule has 0 saturated carbocycles. The van der Waals surface area contributed by atoms with E-state index in [1.807, 2.05) is 61.5 Å². The number of benzene rings is 3. The van der Waals surface area contributed by atoms with Gasteiger partial charge in [0.1, 0.15) is 6.61 Å². The van der Waals surface area contributed by atoms with Crippen molar-refractivity contribution >= 4 is 35.1 Å². The zero-order valence-corrected chi connectivity index (χ0v) is 15.3. The number of ether oxygens (including phenoxy) is 1. The first kappa shape index (κ1) is 17.5. The molecule has 0 N–H and O–H groups in total. The van der Waals surface area contributed by atoms with Gasteiger partial charge in [-0.25, -0.2) is 0 Å². The summed E-state index contributed by atoms with van der Waals surface area (Å²) in [5.41, 5.74) is 3.91. The van der Waals surface area contributed by atoms with Gasteiger partial charge in [-0.1, -0.05) is 71.7 Å². The Morgan fingerprint density at radius 1 is 0.920 bits per heavy atom. The molecule has 0 aliphatic carbocycles. The molecule has 126 valence electrons. The van der Waals surface area contributed by atoms with Gasteiger partial charge < -0.3 is 4.74 Å². The number of rotatable bonds is 5. The quantitative estimate of drug-likeness (QED) is 0.462. The summed E-state index contributed by atoms with van der Waals surface area (Å²) >= 11 is 12.7. The molecule has 0 radical (unpaired) electrons. The molecular formula is C21H17Cl2NO. The van der Waals surface area contributed by atoms with E-state index in [9.17, 15) is 0 Å². The molecular weight excluding hydrogens is 353 g/mol. The zero-order valence-electron chi connectivity index (χ0n) is 13.7. The largest absolute Gasteiger partial charge is 0.486 e. The number of aliphatic imine (C=N–C) groups is 1. The second-order valence-corrected chi connectivity index (χ2v) is 6.45. The third-order valence-corrected chi connectivity index (χ3v) is 4.28. The molecule has 0 unspecified atom stereocenters. The molecule has 3 rings (SSSR count). The van der Waals surface area contributed by atoms with Gasteiger partial charge in [-0.3, -0.25) is 4.99 Å². The lowest BCUT2D eigenvalue weighted by Gasteiger charge is -2.11. The fraction of sp³-hybridized carbons (Fsp3) is 0.0952. The second-order valence-electron chi connectivity index (χ2n) is 5.63. The van der Waals surface area contributed by atoms with Crippen molar-refractivity contribution in [1.29, 1.82) is 0 Å². The van der Waals surface area contributed by atoms with Crippen LogP contribution in [0.25, 0.3) is 0 Å². The molecule has 0 heterocycles. The number of para-hydroxylation sites is 1. The van der Waals surface area contributed by atoms with Gasteiger partial charge in [0.25, 0.3) is 0 Å². The number of aryl methyl sites for hydroxylation is 1. The molecule has 0 aliphatic rings. The summed E-state index contributed by atoms with van der Waals surface area (Å²) in [6.45, 7) is 2.43. The van der Waals surface area contributed by atoms with Crippen LogP contribution in [0.2, 0.25) is 10.0 Å². The summed E-state index contributed by atoms with van der Waals surface area (Å²) in [5.74, 6) is 0.486. The average molecular weight is 370 g/mol. The fourth-order valence-corrected chi connectivity index (χ4v) is 2.99. The van der Waals surface area contributed by atoms with Crippen LogP contribution in [0.1, 0.15) is 16.7 Å². The lowest BCUT2D eigenvalue weighted by molar-refractivity contribution is 0.306. The van der Waals surface area contributed by atoms with Crippen molar-refractivity contribution in [3.05, 3.63) is 93.5 Å². The Morgan fingerprint density at radius 2 is 1.56 bits per heavy atom. The van der Waals surface area contributed by atoms with Crippen LogP contribution in [0.4, 0.5) is 5.69 Å². The van der Waals surface area contributed by atoms with E-state index in [0.29, 0.717) is 22.4 Å². The molecule has 0 amide bonds. The summed E-state index contributed by atoms with van der Waals surface area (Å²) in [7, 11) is 0. The van der Waals surface area contributed by atoms with Gasteiger partial charge in [0.2, 0.25) is 0 Å². The van der Waals surface area contributed by atoms with E-state index in [-0.39, 0.29) is 0 Å². The highest BCUT2D eigenvalue weighted by molar-refractivity contribution is 6.37. The third-order valence-electron chi connectivity index (χ3n) is 3.71. The van der Waals surface area contributed by atoms with Crippen molar-refractivity contribution in [3.63, 3.8) is 0 Å². The van der Waals surface area contributed by atoms with Gasteiger partial charge in [0.05, 0.1) is 15.7 Å². The lowest BCUT2D eigenvalue weighted by atomic mass is 10.2. The zero-order chi connectivity index (χ0) is 17.6. The fourth-order valence-electron chi connectivity index (χ4n) is 2.37. The topological polar surface area (TPSA) is 21.6 Å². The molecule has 0 aromatic heterocycles. The molecule has 0 fully saturated rings. The summed E-state index contributed by atoms with van der Waals surface area (Å²) < 4.78 is 5.78. The van der Waals surface area contributed by atoms with Crippen molar-refractivity contribution in [2.75, 3.05) is 0 Å². The van der Waals surface area contributed by atoms with Gasteiger partial charge >= 0.3 is 0 Å². The standard InChI is InChI=1S/C21H17Cl2NO/c1-15-7-5-6-10-20(15)24-13-17-11-18(22)21(19(23)12-17)25-14-16-8-3-2-4-9-16/h2-13H,14H2,1H3. The second kappa shape index (κ2) is 8.19. The highest BCUT2D eigenvalue weighted by Crippen LogP contribution is 2.34. The predicted molar refractivity (Wildman–Crippen MR) is 106 cm³/mol. The molecule has 2 nitrogen and oxygen atoms in total. The minimum absolute atomic E-state index is 0.414. The Morgan fingerprint density at radius 3 is 2.24 bits per heavy atom. The maximum Gasteiger partial charge on any atom is 0.157 e. The van der Waals surface area contributed by atoms with Gasteiger partial charge in [-0.05, 0) is 41.8 Å². The molecule has 0 spiro atoms. The normalized spacial score (nSPS) is 11.0. The maximum atomic E-state index is 6.34. The van der Waals surface area contributed by atoms with Crippen LogP contribution in [0.5, 0.6) is 5.75 Å².